The van der Waals surface area contributed by atoms with E-state index in [1.54, 1.807) is 6.20 Å². The van der Waals surface area contributed by atoms with Crippen LogP contribution in [-0.4, -0.2) is 10.7 Å². The van der Waals surface area contributed by atoms with E-state index in [1.165, 1.54) is 11.1 Å². The maximum Gasteiger partial charge on any atom is 1.00 e. The Kier molecular flexibility index (Phi) is 9.56. The van der Waals surface area contributed by atoms with Gasteiger partial charge in [0.05, 0.1) is 5.69 Å². The van der Waals surface area contributed by atoms with Gasteiger partial charge in [0.15, 0.2) is 0 Å². The summed E-state index contributed by atoms with van der Waals surface area (Å²) in [4.78, 5) is 9.27. The molecule has 0 unspecified atom stereocenters. The molecule has 27 heavy (non-hydrogen) atoms. The van der Waals surface area contributed by atoms with Gasteiger partial charge < -0.3 is 5.32 Å². The fourth-order valence-electron chi connectivity index (χ4n) is 2.89. The van der Waals surface area contributed by atoms with Crippen LogP contribution in [0.1, 0.15) is 70.2 Å². The van der Waals surface area contributed by atoms with Crippen molar-refractivity contribution in [1.82, 2.24) is 4.98 Å². The number of para-hydroxylation sites is 1. The van der Waals surface area contributed by atoms with Crippen LogP contribution < -0.4 is 18.9 Å². The Balaban J connectivity index is 0.00000364. The normalized spacial score (nSPS) is 12.3. The maximum atomic E-state index is 4.96. The van der Waals surface area contributed by atoms with Crippen molar-refractivity contribution in [3.8, 4) is 0 Å². The van der Waals surface area contributed by atoms with Gasteiger partial charge in [0.25, 0.3) is 0 Å². The zero-order valence-electron chi connectivity index (χ0n) is 17.8. The predicted octanol–water partition coefficient (Wildman–Crippen LogP) is 3.90. The SMILES string of the molecule is CC(/C=C(/C)[N-]Cc1ccccn1)=Nc1c(C(C)C)cccc1C(C)C.[Li+]. The molecule has 0 saturated carbocycles. The number of aliphatic imine (C=N–C) groups is 1. The molecule has 2 rings (SSSR count). The van der Waals surface area contributed by atoms with Gasteiger partial charge in [-0.3, -0.25) is 9.98 Å². The van der Waals surface area contributed by atoms with Crippen molar-refractivity contribution in [3.63, 3.8) is 0 Å². The number of nitrogens with zero attached hydrogens (tertiary/aromatic N) is 3. The molecule has 0 bridgehead atoms. The van der Waals surface area contributed by atoms with Gasteiger partial charge in [-0.2, -0.15) is 5.70 Å². The van der Waals surface area contributed by atoms with Crippen molar-refractivity contribution in [2.45, 2.75) is 59.9 Å². The molecule has 0 atom stereocenters. The first kappa shape index (κ1) is 23.2. The minimum atomic E-state index is 0. The molecule has 1 heterocycles. The van der Waals surface area contributed by atoms with Crippen LogP contribution in [0.2, 0.25) is 0 Å². The molecule has 0 spiro atoms. The van der Waals surface area contributed by atoms with Crippen molar-refractivity contribution in [1.29, 1.82) is 0 Å². The summed E-state index contributed by atoms with van der Waals surface area (Å²) in [5.41, 5.74) is 6.62. The molecule has 1 aromatic carbocycles. The second kappa shape index (κ2) is 11.1. The van der Waals surface area contributed by atoms with Gasteiger partial charge in [-0.25, -0.2) is 0 Å². The smallest absolute Gasteiger partial charge is 0.683 e. The van der Waals surface area contributed by atoms with E-state index in [1.807, 2.05) is 38.1 Å². The number of allylic oxidation sites excluding steroid dienone is 2. The standard InChI is InChI=1S/C23H30N3.Li/c1-16(2)21-11-9-12-22(17(3)4)23(21)26-19(6)14-18(5)25-15-20-10-7-8-13-24-20;/h7-14,16-17H,15H2,1-6H3;/q-1;+1/b18-14-,26-19?;. The van der Waals surface area contributed by atoms with E-state index in [4.69, 9.17) is 4.99 Å². The summed E-state index contributed by atoms with van der Waals surface area (Å²) < 4.78 is 0. The summed E-state index contributed by atoms with van der Waals surface area (Å²) in [5.74, 6) is 0.887. The van der Waals surface area contributed by atoms with Crippen LogP contribution in [0.25, 0.3) is 5.32 Å². The van der Waals surface area contributed by atoms with Gasteiger partial charge in [0.1, 0.15) is 0 Å². The molecule has 0 aliphatic heterocycles. The van der Waals surface area contributed by atoms with Gasteiger partial charge in [0.2, 0.25) is 0 Å². The number of benzene rings is 1. The Morgan fingerprint density at radius 3 is 2.15 bits per heavy atom. The second-order valence-corrected chi connectivity index (χ2v) is 7.27. The molecule has 0 saturated heterocycles. The molecule has 1 aromatic heterocycles. The summed E-state index contributed by atoms with van der Waals surface area (Å²) in [7, 11) is 0. The molecule has 3 nitrogen and oxygen atoms in total. The number of hydrogen-bond acceptors (Lipinski definition) is 2. The number of pyridine rings is 1. The van der Waals surface area contributed by atoms with Gasteiger partial charge in [-0.1, -0.05) is 71.5 Å². The molecule has 0 radical (unpaired) electrons. The first-order chi connectivity index (χ1) is 12.4. The second-order valence-electron chi connectivity index (χ2n) is 7.27. The van der Waals surface area contributed by atoms with E-state index in [2.05, 4.69) is 56.2 Å². The number of aromatic nitrogens is 1. The average Bonchev–Trinajstić information content (AvgIpc) is 2.60. The molecule has 0 amide bonds. The van der Waals surface area contributed by atoms with Crippen LogP contribution >= 0.6 is 0 Å². The third-order valence-electron chi connectivity index (χ3n) is 4.26. The third-order valence-corrected chi connectivity index (χ3v) is 4.26. The van der Waals surface area contributed by atoms with Crippen molar-refractivity contribution < 1.29 is 18.9 Å². The van der Waals surface area contributed by atoms with E-state index < -0.39 is 0 Å². The van der Waals surface area contributed by atoms with Crippen LogP contribution in [0.4, 0.5) is 5.69 Å². The molecular weight excluding hydrogens is 325 g/mol. The molecule has 0 fully saturated rings. The molecule has 2 aromatic rings. The third kappa shape index (κ3) is 7.01. The zero-order valence-corrected chi connectivity index (χ0v) is 17.8. The molecule has 138 valence electrons. The number of hydrogen-bond donors (Lipinski definition) is 0. The van der Waals surface area contributed by atoms with Crippen molar-refractivity contribution in [2.24, 2.45) is 4.99 Å². The Bertz CT molecular complexity index is 751. The quantitative estimate of drug-likeness (QED) is 0.548. The fraction of sp³-hybridized carbons (Fsp3) is 0.391. The summed E-state index contributed by atoms with van der Waals surface area (Å²) >= 11 is 0. The Morgan fingerprint density at radius 2 is 1.63 bits per heavy atom. The van der Waals surface area contributed by atoms with Crippen LogP contribution in [0, 0.1) is 0 Å². The molecule has 4 heteroatoms. The minimum absolute atomic E-state index is 0. The largest absolute Gasteiger partial charge is 1.00 e. The molecule has 0 N–H and O–H groups in total. The summed E-state index contributed by atoms with van der Waals surface area (Å²) in [6.07, 6.45) is 3.84. The predicted molar refractivity (Wildman–Crippen MR) is 112 cm³/mol. The summed E-state index contributed by atoms with van der Waals surface area (Å²) in [6.45, 7) is 13.5. The van der Waals surface area contributed by atoms with Crippen LogP contribution in [0.5, 0.6) is 0 Å². The number of rotatable bonds is 7. The topological polar surface area (TPSA) is 39.4 Å². The first-order valence-corrected chi connectivity index (χ1v) is 9.32. The van der Waals surface area contributed by atoms with Crippen molar-refractivity contribution >= 4 is 11.4 Å². The van der Waals surface area contributed by atoms with Crippen molar-refractivity contribution in [2.75, 3.05) is 0 Å². The van der Waals surface area contributed by atoms with Crippen LogP contribution in [0.15, 0.2) is 59.4 Å². The van der Waals surface area contributed by atoms with Gasteiger partial charge in [-0.05, 0) is 42.0 Å². The average molecular weight is 355 g/mol. The first-order valence-electron chi connectivity index (χ1n) is 9.32. The Morgan fingerprint density at radius 1 is 1.00 bits per heavy atom. The monoisotopic (exact) mass is 355 g/mol. The molecular formula is C23H30LiN3. The van der Waals surface area contributed by atoms with Gasteiger partial charge in [-0.15, -0.1) is 0 Å². The van der Waals surface area contributed by atoms with E-state index in [0.717, 1.165) is 22.8 Å². The molecule has 0 aliphatic rings. The molecule has 0 aliphatic carbocycles. The minimum Gasteiger partial charge on any atom is -0.683 e. The Labute approximate surface area is 176 Å². The van der Waals surface area contributed by atoms with E-state index >= 15 is 0 Å². The fourth-order valence-corrected chi connectivity index (χ4v) is 2.89. The maximum absolute atomic E-state index is 4.96. The van der Waals surface area contributed by atoms with Gasteiger partial charge in [0, 0.05) is 17.6 Å². The van der Waals surface area contributed by atoms with E-state index in [9.17, 15) is 0 Å². The van der Waals surface area contributed by atoms with Crippen molar-refractivity contribution in [3.05, 3.63) is 76.5 Å². The Hall–Kier alpha value is -1.82. The van der Waals surface area contributed by atoms with Gasteiger partial charge >= 0.3 is 18.9 Å². The van der Waals surface area contributed by atoms with Crippen LogP contribution in [0.3, 0.4) is 0 Å². The van der Waals surface area contributed by atoms with E-state index in [-0.39, 0.29) is 18.9 Å². The van der Waals surface area contributed by atoms with E-state index in [0.29, 0.717) is 18.4 Å². The summed E-state index contributed by atoms with van der Waals surface area (Å²) in [5, 5.41) is 4.61. The summed E-state index contributed by atoms with van der Waals surface area (Å²) in [6, 6.07) is 12.4. The zero-order chi connectivity index (χ0) is 19.1. The van der Waals surface area contributed by atoms with Crippen LogP contribution in [-0.2, 0) is 6.54 Å².